The molecule has 1 fully saturated rings. The van der Waals surface area contributed by atoms with Gasteiger partial charge < -0.3 is 20.7 Å². The number of para-hydroxylation sites is 1. The van der Waals surface area contributed by atoms with E-state index in [0.717, 1.165) is 12.0 Å². The van der Waals surface area contributed by atoms with Crippen molar-refractivity contribution in [3.8, 4) is 22.7 Å². The second kappa shape index (κ2) is 10.7. The molecule has 4 heterocycles. The van der Waals surface area contributed by atoms with Crippen molar-refractivity contribution in [1.82, 2.24) is 29.4 Å². The molecule has 1 aliphatic rings. The molecule has 1 atom stereocenters. The van der Waals surface area contributed by atoms with Crippen LogP contribution < -0.4 is 21.3 Å². The SMILES string of the molecule is COc1cc(-c2cccc3nc(C(C)Nc4nc(N)ncc4C(=O)N4CCC4)n(-c4ccccc4)c(=O)c23)ccn1. The Morgan fingerprint density at radius 1 is 1.05 bits per heavy atom. The number of likely N-dealkylation sites (tertiary alicyclic amines) is 1. The van der Waals surface area contributed by atoms with Gasteiger partial charge in [0.05, 0.1) is 29.7 Å². The molecule has 6 rings (SSSR count). The zero-order valence-electron chi connectivity index (χ0n) is 22.6. The number of pyridine rings is 1. The van der Waals surface area contributed by atoms with E-state index in [-0.39, 0.29) is 23.2 Å². The number of fused-ring (bicyclic) bond motifs is 1. The fourth-order valence-corrected chi connectivity index (χ4v) is 4.91. The summed E-state index contributed by atoms with van der Waals surface area (Å²) in [7, 11) is 1.55. The van der Waals surface area contributed by atoms with Crippen molar-refractivity contribution in [1.29, 1.82) is 0 Å². The summed E-state index contributed by atoms with van der Waals surface area (Å²) in [6.07, 6.45) is 4.04. The highest BCUT2D eigenvalue weighted by Crippen LogP contribution is 2.30. The molecule has 41 heavy (non-hydrogen) atoms. The first-order valence-corrected chi connectivity index (χ1v) is 13.2. The fraction of sp³-hybridized carbons (Fsp3) is 0.200. The van der Waals surface area contributed by atoms with Gasteiger partial charge in [0.25, 0.3) is 11.5 Å². The van der Waals surface area contributed by atoms with Gasteiger partial charge in [-0.2, -0.15) is 4.98 Å². The second-order valence-corrected chi connectivity index (χ2v) is 9.73. The van der Waals surface area contributed by atoms with Crippen LogP contribution in [0.3, 0.4) is 0 Å². The van der Waals surface area contributed by atoms with Gasteiger partial charge in [0.1, 0.15) is 17.2 Å². The number of nitrogens with zero attached hydrogens (tertiary/aromatic N) is 6. The van der Waals surface area contributed by atoms with Gasteiger partial charge >= 0.3 is 0 Å². The zero-order chi connectivity index (χ0) is 28.5. The van der Waals surface area contributed by atoms with Crippen molar-refractivity contribution in [2.24, 2.45) is 0 Å². The van der Waals surface area contributed by atoms with E-state index < -0.39 is 6.04 Å². The first-order valence-electron chi connectivity index (χ1n) is 13.2. The van der Waals surface area contributed by atoms with Crippen LogP contribution in [0.4, 0.5) is 11.8 Å². The van der Waals surface area contributed by atoms with Crippen LogP contribution in [0.15, 0.2) is 77.9 Å². The van der Waals surface area contributed by atoms with Gasteiger partial charge in [0.2, 0.25) is 11.8 Å². The minimum atomic E-state index is -0.547. The van der Waals surface area contributed by atoms with E-state index in [1.54, 1.807) is 28.8 Å². The van der Waals surface area contributed by atoms with Crippen molar-refractivity contribution in [2.45, 2.75) is 19.4 Å². The van der Waals surface area contributed by atoms with Crippen LogP contribution >= 0.6 is 0 Å². The molecule has 0 aliphatic carbocycles. The number of carbonyl (C=O) groups excluding carboxylic acids is 1. The average Bonchev–Trinajstić information content (AvgIpc) is 2.96. The number of hydrogen-bond donors (Lipinski definition) is 2. The number of rotatable bonds is 7. The Morgan fingerprint density at radius 3 is 2.59 bits per heavy atom. The summed E-state index contributed by atoms with van der Waals surface area (Å²) in [6, 6.07) is 17.9. The molecule has 1 amide bonds. The standard InChI is InChI=1S/C30H28N8O3/c1-18(34-26-22(17-33-30(31)36-26)28(39)37-14-7-15-37)27-35-23-11-6-10-21(19-12-13-32-24(16-19)41-2)25(23)29(40)38(27)20-8-4-3-5-9-20/h3-6,8-13,16-18H,7,14-15H2,1-2H3,(H3,31,33,34,36). The van der Waals surface area contributed by atoms with Gasteiger partial charge in [0.15, 0.2) is 0 Å². The molecule has 11 heteroatoms. The van der Waals surface area contributed by atoms with Crippen LogP contribution in [0.1, 0.15) is 35.6 Å². The molecule has 3 aromatic heterocycles. The van der Waals surface area contributed by atoms with E-state index in [9.17, 15) is 9.59 Å². The van der Waals surface area contributed by atoms with E-state index in [4.69, 9.17) is 15.5 Å². The lowest BCUT2D eigenvalue weighted by Gasteiger charge is -2.31. The largest absolute Gasteiger partial charge is 0.481 e. The smallest absolute Gasteiger partial charge is 0.266 e. The van der Waals surface area contributed by atoms with Crippen molar-refractivity contribution >= 4 is 28.6 Å². The third-order valence-corrected chi connectivity index (χ3v) is 7.11. The van der Waals surface area contributed by atoms with Crippen LogP contribution in [0.5, 0.6) is 5.88 Å². The highest BCUT2D eigenvalue weighted by atomic mass is 16.5. The highest BCUT2D eigenvalue weighted by molar-refractivity contribution is 5.99. The molecule has 2 aromatic carbocycles. The van der Waals surface area contributed by atoms with Crippen LogP contribution in [-0.4, -0.2) is 55.5 Å². The number of ether oxygens (including phenoxy) is 1. The topological polar surface area (TPSA) is 141 Å². The molecule has 1 saturated heterocycles. The minimum Gasteiger partial charge on any atom is -0.481 e. The van der Waals surface area contributed by atoms with E-state index in [0.29, 0.717) is 52.5 Å². The molecule has 1 unspecified atom stereocenters. The molecular weight excluding hydrogens is 520 g/mol. The summed E-state index contributed by atoms with van der Waals surface area (Å²) >= 11 is 0. The van der Waals surface area contributed by atoms with E-state index in [1.165, 1.54) is 6.20 Å². The summed E-state index contributed by atoms with van der Waals surface area (Å²) in [4.78, 5) is 46.7. The van der Waals surface area contributed by atoms with Gasteiger partial charge in [0, 0.05) is 31.5 Å². The lowest BCUT2D eigenvalue weighted by Crippen LogP contribution is -2.42. The van der Waals surface area contributed by atoms with E-state index in [1.807, 2.05) is 61.5 Å². The highest BCUT2D eigenvalue weighted by Gasteiger charge is 2.27. The van der Waals surface area contributed by atoms with Gasteiger partial charge in [-0.05, 0) is 48.7 Å². The Bertz CT molecular complexity index is 1820. The Kier molecular flexibility index (Phi) is 6.76. The fourth-order valence-electron chi connectivity index (χ4n) is 4.91. The van der Waals surface area contributed by atoms with E-state index in [2.05, 4.69) is 20.3 Å². The summed E-state index contributed by atoms with van der Waals surface area (Å²) in [5.74, 6) is 1.03. The Morgan fingerprint density at radius 2 is 1.85 bits per heavy atom. The molecule has 3 N–H and O–H groups in total. The minimum absolute atomic E-state index is 0.0317. The number of nitrogens with two attached hydrogens (primary N) is 1. The average molecular weight is 549 g/mol. The van der Waals surface area contributed by atoms with Gasteiger partial charge in [-0.15, -0.1) is 0 Å². The molecule has 0 radical (unpaired) electrons. The van der Waals surface area contributed by atoms with Crippen LogP contribution in [-0.2, 0) is 0 Å². The summed E-state index contributed by atoms with van der Waals surface area (Å²) in [5.41, 5.74) is 8.65. The number of amides is 1. The maximum Gasteiger partial charge on any atom is 0.266 e. The Balaban J connectivity index is 1.51. The summed E-state index contributed by atoms with van der Waals surface area (Å²) in [6.45, 7) is 3.23. The summed E-state index contributed by atoms with van der Waals surface area (Å²) in [5, 5.41) is 3.75. The van der Waals surface area contributed by atoms with Gasteiger partial charge in [-0.1, -0.05) is 30.3 Å². The predicted molar refractivity (Wildman–Crippen MR) is 156 cm³/mol. The number of anilines is 2. The molecule has 0 bridgehead atoms. The third kappa shape index (κ3) is 4.82. The van der Waals surface area contributed by atoms with Crippen LogP contribution in [0.2, 0.25) is 0 Å². The zero-order valence-corrected chi connectivity index (χ0v) is 22.6. The predicted octanol–water partition coefficient (Wildman–Crippen LogP) is 3.85. The summed E-state index contributed by atoms with van der Waals surface area (Å²) < 4.78 is 6.90. The first kappa shape index (κ1) is 25.9. The first-order chi connectivity index (χ1) is 19.9. The van der Waals surface area contributed by atoms with Crippen molar-refractivity contribution in [2.75, 3.05) is 31.2 Å². The lowest BCUT2D eigenvalue weighted by molar-refractivity contribution is 0.0652. The number of nitrogens with one attached hydrogen (secondary N) is 1. The van der Waals surface area contributed by atoms with Crippen molar-refractivity contribution < 1.29 is 9.53 Å². The molecular formula is C30H28N8O3. The lowest BCUT2D eigenvalue weighted by atomic mass is 10.0. The number of benzene rings is 2. The van der Waals surface area contributed by atoms with Gasteiger partial charge in [-0.3, -0.25) is 14.2 Å². The third-order valence-electron chi connectivity index (χ3n) is 7.11. The Labute approximate surface area is 235 Å². The maximum absolute atomic E-state index is 14.4. The normalized spacial score (nSPS) is 13.5. The van der Waals surface area contributed by atoms with Crippen molar-refractivity contribution in [3.05, 3.63) is 94.8 Å². The van der Waals surface area contributed by atoms with Crippen LogP contribution in [0, 0.1) is 0 Å². The van der Waals surface area contributed by atoms with E-state index >= 15 is 0 Å². The molecule has 0 saturated carbocycles. The monoisotopic (exact) mass is 548 g/mol. The van der Waals surface area contributed by atoms with Crippen molar-refractivity contribution in [3.63, 3.8) is 0 Å². The van der Waals surface area contributed by atoms with Gasteiger partial charge in [-0.25, -0.2) is 15.0 Å². The molecule has 206 valence electrons. The number of hydrogen-bond acceptors (Lipinski definition) is 9. The number of nitrogen functional groups attached to an aromatic ring is 1. The Hall–Kier alpha value is -5.32. The molecule has 0 spiro atoms. The number of aromatic nitrogens is 5. The second-order valence-electron chi connectivity index (χ2n) is 9.73. The number of methoxy groups -OCH3 is 1. The molecule has 11 nitrogen and oxygen atoms in total. The molecule has 5 aromatic rings. The molecule has 1 aliphatic heterocycles. The number of carbonyl (C=O) groups is 1. The quantitative estimate of drug-likeness (QED) is 0.310. The maximum atomic E-state index is 14.4. The van der Waals surface area contributed by atoms with Crippen LogP contribution in [0.25, 0.3) is 27.7 Å².